The van der Waals surface area contributed by atoms with Gasteiger partial charge >= 0.3 is 0 Å². The Morgan fingerprint density at radius 1 is 1.30 bits per heavy atom. The van der Waals surface area contributed by atoms with Gasteiger partial charge in [-0.2, -0.15) is 0 Å². The Kier molecular flexibility index (Phi) is 4.17. The van der Waals surface area contributed by atoms with Gasteiger partial charge in [0.05, 0.1) is 0 Å². The van der Waals surface area contributed by atoms with E-state index in [1.807, 2.05) is 36.2 Å². The van der Waals surface area contributed by atoms with Crippen molar-refractivity contribution in [3.63, 3.8) is 0 Å². The first kappa shape index (κ1) is 14.1. The Morgan fingerprint density at radius 3 is 2.95 bits per heavy atom. The maximum absolute atomic E-state index is 10.6. The number of nitrogens with one attached hydrogen (secondary N) is 1. The van der Waals surface area contributed by atoms with Gasteiger partial charge in [-0.1, -0.05) is 24.3 Å². The molecule has 1 aliphatic heterocycles. The van der Waals surface area contributed by atoms with Crippen molar-refractivity contribution in [3.8, 4) is 0 Å². The number of benzene rings is 1. The summed E-state index contributed by atoms with van der Waals surface area (Å²) >= 11 is 3.53. The van der Waals surface area contributed by atoms with E-state index in [0.717, 1.165) is 17.1 Å². The monoisotopic (exact) mass is 305 g/mol. The minimum atomic E-state index is -0.798. The molecular weight excluding hydrogens is 286 g/mol. The first-order valence-electron chi connectivity index (χ1n) is 6.88. The third-order valence-corrected chi connectivity index (χ3v) is 5.95. The minimum absolute atomic E-state index is 0.346. The first-order chi connectivity index (χ1) is 9.67. The second-order valence-corrected chi connectivity index (χ2v) is 7.44. The molecule has 2 unspecified atom stereocenters. The molecule has 0 amide bonds. The van der Waals surface area contributed by atoms with Crippen molar-refractivity contribution in [2.75, 3.05) is 12.3 Å². The summed E-state index contributed by atoms with van der Waals surface area (Å²) < 4.78 is 0. The van der Waals surface area contributed by atoms with E-state index in [0.29, 0.717) is 12.6 Å². The largest absolute Gasteiger partial charge is 0.383 e. The molecule has 0 radical (unpaired) electrons. The van der Waals surface area contributed by atoms with Crippen molar-refractivity contribution >= 4 is 23.1 Å². The Morgan fingerprint density at radius 2 is 2.15 bits per heavy atom. The van der Waals surface area contributed by atoms with Crippen molar-refractivity contribution in [1.29, 1.82) is 0 Å². The Bertz CT molecular complexity index is 566. The second-order valence-electron chi connectivity index (χ2n) is 5.36. The molecule has 2 nitrogen and oxygen atoms in total. The topological polar surface area (TPSA) is 32.3 Å². The molecule has 2 N–H and O–H groups in total. The van der Waals surface area contributed by atoms with Gasteiger partial charge in [0.2, 0.25) is 0 Å². The zero-order chi connectivity index (χ0) is 14.0. The van der Waals surface area contributed by atoms with Crippen LogP contribution in [0.3, 0.4) is 0 Å². The zero-order valence-corrected chi connectivity index (χ0v) is 13.1. The van der Waals surface area contributed by atoms with E-state index in [1.165, 1.54) is 10.5 Å². The fraction of sp³-hybridized carbons (Fsp3) is 0.375. The van der Waals surface area contributed by atoms with E-state index in [4.69, 9.17) is 0 Å². The molecule has 0 saturated carbocycles. The SMILES string of the molecule is CC(O)(CNC1CCSc2ccccc21)c1cccs1. The maximum Gasteiger partial charge on any atom is 0.108 e. The second kappa shape index (κ2) is 5.90. The van der Waals surface area contributed by atoms with Crippen molar-refractivity contribution in [2.45, 2.75) is 29.9 Å². The Hall–Kier alpha value is -0.810. The van der Waals surface area contributed by atoms with E-state index in [-0.39, 0.29) is 0 Å². The summed E-state index contributed by atoms with van der Waals surface area (Å²) in [6, 6.07) is 12.9. The summed E-state index contributed by atoms with van der Waals surface area (Å²) in [5.41, 5.74) is 0.568. The van der Waals surface area contributed by atoms with Crippen LogP contribution in [-0.2, 0) is 5.60 Å². The molecule has 20 heavy (non-hydrogen) atoms. The molecule has 0 fully saturated rings. The number of hydrogen-bond acceptors (Lipinski definition) is 4. The molecular formula is C16H19NOS2. The molecule has 0 aliphatic carbocycles. The molecule has 2 atom stereocenters. The van der Waals surface area contributed by atoms with Crippen LogP contribution < -0.4 is 5.32 Å². The number of rotatable bonds is 4. The van der Waals surface area contributed by atoms with Crippen LogP contribution in [-0.4, -0.2) is 17.4 Å². The molecule has 1 aromatic heterocycles. The van der Waals surface area contributed by atoms with Crippen LogP contribution in [0, 0.1) is 0 Å². The standard InChI is InChI=1S/C16H19NOS2/c1-16(18,15-7-4-9-20-15)11-17-13-8-10-19-14-6-3-2-5-12(13)14/h2-7,9,13,17-18H,8,10-11H2,1H3. The highest BCUT2D eigenvalue weighted by atomic mass is 32.2. The quantitative estimate of drug-likeness (QED) is 0.901. The van der Waals surface area contributed by atoms with Crippen LogP contribution >= 0.6 is 23.1 Å². The van der Waals surface area contributed by atoms with E-state index in [2.05, 4.69) is 29.6 Å². The number of fused-ring (bicyclic) bond motifs is 1. The fourth-order valence-electron chi connectivity index (χ4n) is 2.55. The van der Waals surface area contributed by atoms with E-state index < -0.39 is 5.60 Å². The first-order valence-corrected chi connectivity index (χ1v) is 8.75. The average Bonchev–Trinajstić information content (AvgIpc) is 3.00. The van der Waals surface area contributed by atoms with Crippen molar-refractivity contribution in [3.05, 3.63) is 52.2 Å². The Labute approximate surface area is 128 Å². The summed E-state index contributed by atoms with van der Waals surface area (Å²) in [6.45, 7) is 2.46. The van der Waals surface area contributed by atoms with Crippen molar-refractivity contribution in [1.82, 2.24) is 5.32 Å². The molecule has 0 bridgehead atoms. The highest BCUT2D eigenvalue weighted by molar-refractivity contribution is 7.99. The molecule has 106 valence electrons. The molecule has 1 aromatic carbocycles. The van der Waals surface area contributed by atoms with Crippen LogP contribution in [0.15, 0.2) is 46.7 Å². The van der Waals surface area contributed by atoms with E-state index >= 15 is 0 Å². The van der Waals surface area contributed by atoms with Crippen LogP contribution in [0.2, 0.25) is 0 Å². The predicted molar refractivity (Wildman–Crippen MR) is 86.4 cm³/mol. The highest BCUT2D eigenvalue weighted by Gasteiger charge is 2.27. The van der Waals surface area contributed by atoms with Gasteiger partial charge in [-0.05, 0) is 42.2 Å². The van der Waals surface area contributed by atoms with E-state index in [1.54, 1.807) is 11.3 Å². The van der Waals surface area contributed by atoms with Gasteiger partial charge in [0.15, 0.2) is 0 Å². The van der Waals surface area contributed by atoms with E-state index in [9.17, 15) is 5.11 Å². The smallest absolute Gasteiger partial charge is 0.108 e. The summed E-state index contributed by atoms with van der Waals surface area (Å²) in [4.78, 5) is 2.38. The minimum Gasteiger partial charge on any atom is -0.383 e. The lowest BCUT2D eigenvalue weighted by Crippen LogP contribution is -2.37. The number of aliphatic hydroxyl groups is 1. The van der Waals surface area contributed by atoms with Crippen LogP contribution in [0.4, 0.5) is 0 Å². The van der Waals surface area contributed by atoms with Crippen LogP contribution in [0.1, 0.15) is 29.8 Å². The third-order valence-electron chi connectivity index (χ3n) is 3.70. The van der Waals surface area contributed by atoms with Gasteiger partial charge in [-0.25, -0.2) is 0 Å². The summed E-state index contributed by atoms with van der Waals surface area (Å²) in [5.74, 6) is 1.13. The average molecular weight is 305 g/mol. The Balaban J connectivity index is 1.71. The summed E-state index contributed by atoms with van der Waals surface area (Å²) in [5, 5.41) is 16.2. The maximum atomic E-state index is 10.6. The number of hydrogen-bond donors (Lipinski definition) is 2. The highest BCUT2D eigenvalue weighted by Crippen LogP contribution is 2.36. The molecule has 1 aliphatic rings. The molecule has 0 spiro atoms. The normalized spacial score (nSPS) is 21.2. The van der Waals surface area contributed by atoms with Crippen LogP contribution in [0.25, 0.3) is 0 Å². The predicted octanol–water partition coefficient (Wildman–Crippen LogP) is 3.78. The van der Waals surface area contributed by atoms with Gasteiger partial charge < -0.3 is 10.4 Å². The van der Waals surface area contributed by atoms with Gasteiger partial charge in [0.25, 0.3) is 0 Å². The molecule has 0 saturated heterocycles. The van der Waals surface area contributed by atoms with Crippen molar-refractivity contribution < 1.29 is 5.11 Å². The fourth-order valence-corrected chi connectivity index (χ4v) is 4.46. The van der Waals surface area contributed by atoms with Gasteiger partial charge in [0, 0.05) is 22.4 Å². The molecule has 3 rings (SSSR count). The van der Waals surface area contributed by atoms with Crippen molar-refractivity contribution in [2.24, 2.45) is 0 Å². The lowest BCUT2D eigenvalue weighted by Gasteiger charge is -2.30. The lowest BCUT2D eigenvalue weighted by molar-refractivity contribution is 0.0572. The summed E-state index contributed by atoms with van der Waals surface area (Å²) in [6.07, 6.45) is 1.11. The molecule has 4 heteroatoms. The number of thiophene rings is 1. The van der Waals surface area contributed by atoms with Gasteiger partial charge in [-0.3, -0.25) is 0 Å². The molecule has 2 aromatic rings. The lowest BCUT2D eigenvalue weighted by atomic mass is 10.0. The van der Waals surface area contributed by atoms with Gasteiger partial charge in [-0.15, -0.1) is 23.1 Å². The third kappa shape index (κ3) is 2.93. The van der Waals surface area contributed by atoms with Gasteiger partial charge in [0.1, 0.15) is 5.60 Å². The zero-order valence-electron chi connectivity index (χ0n) is 11.5. The molecule has 2 heterocycles. The van der Waals surface area contributed by atoms with Crippen LogP contribution in [0.5, 0.6) is 0 Å². The number of thioether (sulfide) groups is 1. The summed E-state index contributed by atoms with van der Waals surface area (Å²) in [7, 11) is 0.